The van der Waals surface area contributed by atoms with Gasteiger partial charge in [-0.25, -0.2) is 4.39 Å². The summed E-state index contributed by atoms with van der Waals surface area (Å²) in [5, 5.41) is 0. The van der Waals surface area contributed by atoms with Crippen molar-refractivity contribution in [1.82, 2.24) is 4.90 Å². The third-order valence-corrected chi connectivity index (χ3v) is 5.67. The lowest BCUT2D eigenvalue weighted by atomic mass is 9.82. The van der Waals surface area contributed by atoms with E-state index in [1.54, 1.807) is 17.2 Å². The number of ether oxygens (including phenoxy) is 1. The van der Waals surface area contributed by atoms with E-state index < -0.39 is 5.82 Å². The molecule has 2 heterocycles. The van der Waals surface area contributed by atoms with Crippen molar-refractivity contribution in [3.05, 3.63) is 40.7 Å². The number of halogens is 1. The maximum absolute atomic E-state index is 13.9. The van der Waals surface area contributed by atoms with E-state index in [1.807, 2.05) is 4.90 Å². The lowest BCUT2D eigenvalue weighted by molar-refractivity contribution is 0.0632. The standard InChI is InChI=1S/C19H22FNO2/c1-23-18-8-5-13(11-17(18)20)19(22)21-15-6-7-16(21)10-14(9-15)12-3-2-4-12/h5,8,11,15-16H,2-4,6-7,9-10H2,1H3. The first-order chi connectivity index (χ1) is 11.2. The van der Waals surface area contributed by atoms with Crippen molar-refractivity contribution in [3.8, 4) is 5.75 Å². The van der Waals surface area contributed by atoms with Gasteiger partial charge in [-0.15, -0.1) is 0 Å². The maximum Gasteiger partial charge on any atom is 0.254 e. The van der Waals surface area contributed by atoms with Crippen LogP contribution in [-0.2, 0) is 0 Å². The molecule has 3 fully saturated rings. The summed E-state index contributed by atoms with van der Waals surface area (Å²) in [6.07, 6.45) is 8.03. The monoisotopic (exact) mass is 315 g/mol. The second-order valence-electron chi connectivity index (χ2n) is 6.92. The first kappa shape index (κ1) is 14.7. The summed E-state index contributed by atoms with van der Waals surface area (Å²) in [6, 6.07) is 5.12. The number of carbonyl (C=O) groups excluding carboxylic acids is 1. The Morgan fingerprint density at radius 2 is 1.87 bits per heavy atom. The highest BCUT2D eigenvalue weighted by molar-refractivity contribution is 5.95. The van der Waals surface area contributed by atoms with Gasteiger partial charge in [-0.2, -0.15) is 0 Å². The van der Waals surface area contributed by atoms with E-state index in [9.17, 15) is 9.18 Å². The van der Waals surface area contributed by atoms with Crippen molar-refractivity contribution < 1.29 is 13.9 Å². The molecule has 1 saturated carbocycles. The molecule has 1 amide bonds. The molecule has 2 aliphatic heterocycles. The molecule has 0 spiro atoms. The number of nitrogens with zero attached hydrogens (tertiary/aromatic N) is 1. The number of allylic oxidation sites excluding steroid dienone is 1. The summed E-state index contributed by atoms with van der Waals surface area (Å²) in [5.41, 5.74) is 3.68. The van der Waals surface area contributed by atoms with Gasteiger partial charge in [0.15, 0.2) is 11.6 Å². The molecule has 0 N–H and O–H groups in total. The molecule has 3 nitrogen and oxygen atoms in total. The van der Waals surface area contributed by atoms with Crippen LogP contribution in [0.15, 0.2) is 29.3 Å². The second-order valence-corrected chi connectivity index (χ2v) is 6.92. The maximum atomic E-state index is 13.9. The van der Waals surface area contributed by atoms with Crippen molar-refractivity contribution in [2.24, 2.45) is 0 Å². The normalized spacial score (nSPS) is 26.3. The highest BCUT2D eigenvalue weighted by Gasteiger charge is 2.42. The van der Waals surface area contributed by atoms with Crippen LogP contribution in [0.2, 0.25) is 0 Å². The topological polar surface area (TPSA) is 29.5 Å². The fourth-order valence-corrected chi connectivity index (χ4v) is 4.29. The zero-order chi connectivity index (χ0) is 16.0. The number of hydrogen-bond donors (Lipinski definition) is 0. The molecule has 2 bridgehead atoms. The van der Waals surface area contributed by atoms with Crippen molar-refractivity contribution in [3.63, 3.8) is 0 Å². The van der Waals surface area contributed by atoms with Gasteiger partial charge in [0.25, 0.3) is 5.91 Å². The van der Waals surface area contributed by atoms with Gasteiger partial charge < -0.3 is 9.64 Å². The first-order valence-electron chi connectivity index (χ1n) is 8.53. The number of rotatable bonds is 2. The Morgan fingerprint density at radius 1 is 1.17 bits per heavy atom. The van der Waals surface area contributed by atoms with Gasteiger partial charge >= 0.3 is 0 Å². The molecule has 122 valence electrons. The van der Waals surface area contributed by atoms with Gasteiger partial charge in [0.05, 0.1) is 7.11 Å². The summed E-state index contributed by atoms with van der Waals surface area (Å²) in [5.74, 6) is -0.322. The minimum Gasteiger partial charge on any atom is -0.494 e. The van der Waals surface area contributed by atoms with Crippen LogP contribution in [0, 0.1) is 5.82 Å². The largest absolute Gasteiger partial charge is 0.494 e. The molecule has 2 saturated heterocycles. The Labute approximate surface area is 136 Å². The SMILES string of the molecule is COc1ccc(C(=O)N2C3CCC2CC(=C2CCC2)C3)cc1F. The molecule has 0 radical (unpaired) electrons. The number of benzene rings is 1. The average molecular weight is 315 g/mol. The molecule has 2 atom stereocenters. The molecule has 1 aromatic carbocycles. The number of methoxy groups -OCH3 is 1. The average Bonchev–Trinajstić information content (AvgIpc) is 2.75. The van der Waals surface area contributed by atoms with Crippen LogP contribution in [0.3, 0.4) is 0 Å². The third kappa shape index (κ3) is 2.44. The van der Waals surface area contributed by atoms with Gasteiger partial charge in [-0.3, -0.25) is 4.79 Å². The zero-order valence-electron chi connectivity index (χ0n) is 13.5. The van der Waals surface area contributed by atoms with Crippen LogP contribution in [-0.4, -0.2) is 30.0 Å². The van der Waals surface area contributed by atoms with Crippen LogP contribution in [0.4, 0.5) is 4.39 Å². The van der Waals surface area contributed by atoms with E-state index >= 15 is 0 Å². The van der Waals surface area contributed by atoms with E-state index in [2.05, 4.69) is 0 Å². The van der Waals surface area contributed by atoms with Crippen LogP contribution < -0.4 is 4.74 Å². The summed E-state index contributed by atoms with van der Waals surface area (Å²) in [4.78, 5) is 14.9. The molecule has 4 rings (SSSR count). The molecule has 0 aromatic heterocycles. The number of amides is 1. The van der Waals surface area contributed by atoms with Gasteiger partial charge in [-0.1, -0.05) is 11.1 Å². The van der Waals surface area contributed by atoms with Gasteiger partial charge in [0, 0.05) is 17.6 Å². The molecular formula is C19H22FNO2. The highest BCUT2D eigenvalue weighted by atomic mass is 19.1. The number of carbonyl (C=O) groups is 1. The Morgan fingerprint density at radius 3 is 2.39 bits per heavy atom. The smallest absolute Gasteiger partial charge is 0.254 e. The number of hydrogen-bond acceptors (Lipinski definition) is 2. The Kier molecular flexibility index (Phi) is 3.63. The summed E-state index contributed by atoms with van der Waals surface area (Å²) in [7, 11) is 1.43. The second kappa shape index (κ2) is 5.66. The molecule has 23 heavy (non-hydrogen) atoms. The fraction of sp³-hybridized carbons (Fsp3) is 0.526. The molecular weight excluding hydrogens is 293 g/mol. The summed E-state index contributed by atoms with van der Waals surface area (Å²) < 4.78 is 18.8. The van der Waals surface area contributed by atoms with Gasteiger partial charge in [-0.05, 0) is 63.1 Å². The van der Waals surface area contributed by atoms with Crippen LogP contribution in [0.25, 0.3) is 0 Å². The third-order valence-electron chi connectivity index (χ3n) is 5.67. The Bertz CT molecular complexity index is 660. The van der Waals surface area contributed by atoms with Gasteiger partial charge in [0.2, 0.25) is 0 Å². The van der Waals surface area contributed by atoms with E-state index in [0.717, 1.165) is 25.7 Å². The van der Waals surface area contributed by atoms with E-state index in [0.29, 0.717) is 17.6 Å². The zero-order valence-corrected chi connectivity index (χ0v) is 13.5. The van der Waals surface area contributed by atoms with Gasteiger partial charge in [0.1, 0.15) is 0 Å². The summed E-state index contributed by atoms with van der Waals surface area (Å²) >= 11 is 0. The van der Waals surface area contributed by atoms with E-state index in [-0.39, 0.29) is 11.7 Å². The van der Waals surface area contributed by atoms with E-state index in [4.69, 9.17) is 4.74 Å². The van der Waals surface area contributed by atoms with Crippen molar-refractivity contribution >= 4 is 5.91 Å². The molecule has 4 heteroatoms. The predicted octanol–water partition coefficient (Wildman–Crippen LogP) is 4.08. The lowest BCUT2D eigenvalue weighted by Crippen LogP contribution is -2.45. The highest BCUT2D eigenvalue weighted by Crippen LogP contribution is 2.43. The minimum atomic E-state index is -0.472. The van der Waals surface area contributed by atoms with Crippen molar-refractivity contribution in [2.75, 3.05) is 7.11 Å². The van der Waals surface area contributed by atoms with E-state index in [1.165, 1.54) is 38.5 Å². The Balaban J connectivity index is 1.57. The lowest BCUT2D eigenvalue weighted by Gasteiger charge is -2.38. The number of fused-ring (bicyclic) bond motifs is 2. The fourth-order valence-electron chi connectivity index (χ4n) is 4.29. The van der Waals surface area contributed by atoms with Crippen molar-refractivity contribution in [1.29, 1.82) is 0 Å². The Hall–Kier alpha value is -1.84. The number of piperidine rings is 1. The van der Waals surface area contributed by atoms with Crippen LogP contribution in [0.5, 0.6) is 5.75 Å². The molecule has 1 aliphatic carbocycles. The van der Waals surface area contributed by atoms with Crippen LogP contribution >= 0.6 is 0 Å². The first-order valence-corrected chi connectivity index (χ1v) is 8.53. The quantitative estimate of drug-likeness (QED) is 0.770. The van der Waals surface area contributed by atoms with Crippen molar-refractivity contribution in [2.45, 2.75) is 57.0 Å². The molecule has 3 aliphatic rings. The summed E-state index contributed by atoms with van der Waals surface area (Å²) in [6.45, 7) is 0. The van der Waals surface area contributed by atoms with Crippen LogP contribution in [0.1, 0.15) is 55.3 Å². The molecule has 2 unspecified atom stereocenters. The minimum absolute atomic E-state index is 0.0308. The predicted molar refractivity (Wildman–Crippen MR) is 86.0 cm³/mol. The molecule has 1 aromatic rings.